The third kappa shape index (κ3) is 1.91. The van der Waals surface area contributed by atoms with Crippen molar-refractivity contribution < 1.29 is 4.39 Å². The third-order valence-corrected chi connectivity index (χ3v) is 3.55. The fourth-order valence-electron chi connectivity index (χ4n) is 2.29. The quantitative estimate of drug-likeness (QED) is 0.806. The number of hydrogen-bond acceptors (Lipinski definition) is 1. The smallest absolute Gasteiger partial charge is 0.0934 e. The molecule has 82 valence electrons. The third-order valence-electron chi connectivity index (χ3n) is 3.55. The molecule has 2 N–H and O–H groups in total. The Bertz CT molecular complexity index is 342. The second-order valence-electron chi connectivity index (χ2n) is 4.58. The van der Waals surface area contributed by atoms with Crippen molar-refractivity contribution in [2.75, 3.05) is 6.67 Å². The Morgan fingerprint density at radius 2 is 2.20 bits per heavy atom. The van der Waals surface area contributed by atoms with Crippen LogP contribution in [0.1, 0.15) is 30.9 Å². The molecule has 1 aromatic rings. The average Bonchev–Trinajstić information content (AvgIpc) is 2.99. The van der Waals surface area contributed by atoms with Gasteiger partial charge in [0.05, 0.1) is 6.67 Å². The van der Waals surface area contributed by atoms with Gasteiger partial charge in [-0.1, -0.05) is 24.3 Å². The van der Waals surface area contributed by atoms with Crippen LogP contribution in [0.25, 0.3) is 0 Å². The Labute approximate surface area is 90.5 Å². The van der Waals surface area contributed by atoms with Crippen LogP contribution in [0.4, 0.5) is 4.39 Å². The van der Waals surface area contributed by atoms with Gasteiger partial charge in [-0.05, 0) is 30.9 Å². The van der Waals surface area contributed by atoms with Gasteiger partial charge < -0.3 is 5.73 Å². The molecule has 1 unspecified atom stereocenters. The molecular weight excluding hydrogens is 189 g/mol. The molecule has 1 aromatic carbocycles. The van der Waals surface area contributed by atoms with Crippen LogP contribution < -0.4 is 5.73 Å². The van der Waals surface area contributed by atoms with Crippen molar-refractivity contribution in [1.82, 2.24) is 0 Å². The second-order valence-corrected chi connectivity index (χ2v) is 4.58. The van der Waals surface area contributed by atoms with Crippen molar-refractivity contribution in [2.45, 2.75) is 37.6 Å². The lowest BCUT2D eigenvalue weighted by Gasteiger charge is -2.20. The lowest BCUT2D eigenvalue weighted by Crippen LogP contribution is -2.31. The molecule has 15 heavy (non-hydrogen) atoms. The Hall–Kier alpha value is -0.890. The molecule has 0 aromatic heterocycles. The van der Waals surface area contributed by atoms with Crippen LogP contribution in [0.15, 0.2) is 24.3 Å². The highest BCUT2D eigenvalue weighted by atomic mass is 19.1. The molecule has 1 fully saturated rings. The Balaban J connectivity index is 2.25. The van der Waals surface area contributed by atoms with Crippen LogP contribution in [-0.2, 0) is 11.8 Å². The average molecular weight is 207 g/mol. The van der Waals surface area contributed by atoms with Crippen LogP contribution in [0.3, 0.4) is 0 Å². The summed E-state index contributed by atoms with van der Waals surface area (Å²) in [5, 5.41) is 0. The SMILES string of the molecule is CC(N)C1(c2cccc(CCF)c2)CC1. The van der Waals surface area contributed by atoms with Gasteiger partial charge in [0, 0.05) is 17.9 Å². The lowest BCUT2D eigenvalue weighted by atomic mass is 9.88. The summed E-state index contributed by atoms with van der Waals surface area (Å²) < 4.78 is 12.3. The molecule has 0 amide bonds. The first-order valence-electron chi connectivity index (χ1n) is 5.60. The van der Waals surface area contributed by atoms with Crippen LogP contribution >= 0.6 is 0 Å². The first-order valence-corrected chi connectivity index (χ1v) is 5.60. The van der Waals surface area contributed by atoms with Crippen LogP contribution in [0, 0.1) is 0 Å². The molecule has 1 aliphatic rings. The predicted octanol–water partition coefficient (Wildman–Crippen LogP) is 2.58. The summed E-state index contributed by atoms with van der Waals surface area (Å²) in [4.78, 5) is 0. The molecule has 0 radical (unpaired) electrons. The number of alkyl halides is 1. The van der Waals surface area contributed by atoms with Gasteiger partial charge in [0.25, 0.3) is 0 Å². The molecule has 0 spiro atoms. The van der Waals surface area contributed by atoms with Crippen molar-refractivity contribution in [3.63, 3.8) is 0 Å². The van der Waals surface area contributed by atoms with Crippen LogP contribution in [0.5, 0.6) is 0 Å². The highest BCUT2D eigenvalue weighted by Gasteiger charge is 2.47. The van der Waals surface area contributed by atoms with E-state index in [0.717, 1.165) is 5.56 Å². The van der Waals surface area contributed by atoms with Gasteiger partial charge in [-0.15, -0.1) is 0 Å². The number of benzene rings is 1. The molecular formula is C13H18FN. The van der Waals surface area contributed by atoms with E-state index in [1.165, 1.54) is 18.4 Å². The van der Waals surface area contributed by atoms with Crippen LogP contribution in [-0.4, -0.2) is 12.7 Å². The topological polar surface area (TPSA) is 26.0 Å². The van der Waals surface area contributed by atoms with E-state index in [2.05, 4.69) is 19.1 Å². The minimum atomic E-state index is -0.283. The molecule has 1 aliphatic carbocycles. The maximum atomic E-state index is 12.3. The summed E-state index contributed by atoms with van der Waals surface area (Å²) >= 11 is 0. The Kier molecular flexibility index (Phi) is 2.79. The molecule has 0 aliphatic heterocycles. The summed E-state index contributed by atoms with van der Waals surface area (Å²) in [6.45, 7) is 1.78. The molecule has 0 heterocycles. The highest BCUT2D eigenvalue weighted by molar-refractivity contribution is 5.36. The molecule has 1 nitrogen and oxygen atoms in total. The summed E-state index contributed by atoms with van der Waals surface area (Å²) in [6, 6.07) is 8.44. The van der Waals surface area contributed by atoms with E-state index in [1.807, 2.05) is 12.1 Å². The monoisotopic (exact) mass is 207 g/mol. The zero-order valence-electron chi connectivity index (χ0n) is 9.17. The summed E-state index contributed by atoms with van der Waals surface area (Å²) in [5.74, 6) is 0. The summed E-state index contributed by atoms with van der Waals surface area (Å²) in [5.41, 5.74) is 8.58. The van der Waals surface area contributed by atoms with Gasteiger partial charge in [0.15, 0.2) is 0 Å². The van der Waals surface area contributed by atoms with Gasteiger partial charge in [0.2, 0.25) is 0 Å². The summed E-state index contributed by atoms with van der Waals surface area (Å²) in [6.07, 6.45) is 2.86. The zero-order valence-corrected chi connectivity index (χ0v) is 9.17. The number of nitrogens with two attached hydrogens (primary N) is 1. The Morgan fingerprint density at radius 3 is 2.73 bits per heavy atom. The molecule has 0 bridgehead atoms. The van der Waals surface area contributed by atoms with Crippen LogP contribution in [0.2, 0.25) is 0 Å². The Morgan fingerprint density at radius 1 is 1.47 bits per heavy atom. The molecule has 1 saturated carbocycles. The largest absolute Gasteiger partial charge is 0.327 e. The number of halogens is 1. The molecule has 1 atom stereocenters. The van der Waals surface area contributed by atoms with E-state index in [-0.39, 0.29) is 18.1 Å². The van der Waals surface area contributed by atoms with Gasteiger partial charge in [-0.2, -0.15) is 0 Å². The standard InChI is InChI=1S/C13H18FN/c1-10(15)13(6-7-13)12-4-2-3-11(9-12)5-8-14/h2-4,9-10H,5-8,15H2,1H3. The van der Waals surface area contributed by atoms with Crippen molar-refractivity contribution in [3.05, 3.63) is 35.4 Å². The highest BCUT2D eigenvalue weighted by Crippen LogP contribution is 2.50. The van der Waals surface area contributed by atoms with E-state index >= 15 is 0 Å². The van der Waals surface area contributed by atoms with Crippen molar-refractivity contribution in [1.29, 1.82) is 0 Å². The minimum Gasteiger partial charge on any atom is -0.327 e. The predicted molar refractivity (Wildman–Crippen MR) is 60.7 cm³/mol. The normalized spacial score (nSPS) is 19.9. The van der Waals surface area contributed by atoms with E-state index < -0.39 is 0 Å². The summed E-state index contributed by atoms with van der Waals surface area (Å²) in [7, 11) is 0. The van der Waals surface area contributed by atoms with Gasteiger partial charge >= 0.3 is 0 Å². The number of rotatable bonds is 4. The van der Waals surface area contributed by atoms with Crippen molar-refractivity contribution in [3.8, 4) is 0 Å². The van der Waals surface area contributed by atoms with Gasteiger partial charge in [-0.25, -0.2) is 0 Å². The first kappa shape index (κ1) is 10.6. The van der Waals surface area contributed by atoms with Gasteiger partial charge in [0.1, 0.15) is 0 Å². The van der Waals surface area contributed by atoms with E-state index in [0.29, 0.717) is 6.42 Å². The fourth-order valence-corrected chi connectivity index (χ4v) is 2.29. The molecule has 2 heteroatoms. The fraction of sp³-hybridized carbons (Fsp3) is 0.538. The molecule has 2 rings (SSSR count). The van der Waals surface area contributed by atoms with E-state index in [9.17, 15) is 4.39 Å². The zero-order chi connectivity index (χ0) is 10.9. The number of hydrogen-bond donors (Lipinski definition) is 1. The van der Waals surface area contributed by atoms with Gasteiger partial charge in [-0.3, -0.25) is 4.39 Å². The lowest BCUT2D eigenvalue weighted by molar-refractivity contribution is 0.494. The first-order chi connectivity index (χ1) is 7.19. The van der Waals surface area contributed by atoms with E-state index in [4.69, 9.17) is 5.73 Å². The molecule has 0 saturated heterocycles. The van der Waals surface area contributed by atoms with Crippen molar-refractivity contribution in [2.24, 2.45) is 5.73 Å². The minimum absolute atomic E-state index is 0.187. The second kappa shape index (κ2) is 3.93. The maximum absolute atomic E-state index is 12.3. The number of aryl methyl sites for hydroxylation is 1. The maximum Gasteiger partial charge on any atom is 0.0934 e. The van der Waals surface area contributed by atoms with Crippen molar-refractivity contribution >= 4 is 0 Å². The van der Waals surface area contributed by atoms with E-state index in [1.54, 1.807) is 0 Å².